The molecule has 1 fully saturated rings. The fourth-order valence-electron chi connectivity index (χ4n) is 3.78. The van der Waals surface area contributed by atoms with Crippen molar-refractivity contribution in [2.24, 2.45) is 0 Å². The number of ether oxygens (including phenoxy) is 2. The van der Waals surface area contributed by atoms with Gasteiger partial charge in [-0.15, -0.1) is 0 Å². The van der Waals surface area contributed by atoms with E-state index >= 15 is 0 Å². The van der Waals surface area contributed by atoms with Crippen LogP contribution in [0.25, 0.3) is 0 Å². The number of rotatable bonds is 2. The molecule has 1 saturated heterocycles. The average molecular weight is 354 g/mol. The van der Waals surface area contributed by atoms with E-state index in [0.29, 0.717) is 5.11 Å². The monoisotopic (exact) mass is 354 g/mol. The van der Waals surface area contributed by atoms with Crippen LogP contribution in [0.15, 0.2) is 36.4 Å². The Bertz CT molecular complexity index is 867. The van der Waals surface area contributed by atoms with Gasteiger partial charge in [-0.3, -0.25) is 4.90 Å². The maximum Gasteiger partial charge on any atom is 0.188 e. The van der Waals surface area contributed by atoms with Gasteiger partial charge in [0.25, 0.3) is 0 Å². The van der Waals surface area contributed by atoms with Crippen LogP contribution in [0.3, 0.4) is 0 Å². The Labute approximate surface area is 153 Å². The summed E-state index contributed by atoms with van der Waals surface area (Å²) in [6.45, 7) is 6.32. The molecule has 2 unspecified atom stereocenters. The first-order valence-electron chi connectivity index (χ1n) is 8.47. The Morgan fingerprint density at radius 3 is 2.76 bits per heavy atom. The van der Waals surface area contributed by atoms with Crippen molar-refractivity contribution in [2.75, 3.05) is 12.0 Å². The molecule has 0 radical (unpaired) electrons. The minimum Gasteiger partial charge on any atom is -0.493 e. The zero-order valence-corrected chi connectivity index (χ0v) is 15.7. The van der Waals surface area contributed by atoms with Crippen molar-refractivity contribution < 1.29 is 9.47 Å². The van der Waals surface area contributed by atoms with E-state index in [1.165, 1.54) is 11.1 Å². The number of thiocarbonyl (C=S) groups is 1. The summed E-state index contributed by atoms with van der Waals surface area (Å²) in [5.41, 5.74) is 4.08. The van der Waals surface area contributed by atoms with Crippen molar-refractivity contribution in [3.63, 3.8) is 0 Å². The topological polar surface area (TPSA) is 33.7 Å². The second-order valence-electron chi connectivity index (χ2n) is 6.97. The van der Waals surface area contributed by atoms with Crippen LogP contribution in [0.2, 0.25) is 0 Å². The standard InChI is InChI=1S/C20H22N2O2S/c1-12-8-9-14(10-13(12)2)22-19(25)21-16-11-20(22,3)24-18-15(16)6-5-7-17(18)23-4/h5-10,16H,11H2,1-4H3,(H,21,25). The summed E-state index contributed by atoms with van der Waals surface area (Å²) in [6, 6.07) is 12.5. The summed E-state index contributed by atoms with van der Waals surface area (Å²) in [6.07, 6.45) is 0.806. The van der Waals surface area contributed by atoms with Gasteiger partial charge >= 0.3 is 0 Å². The molecular weight excluding hydrogens is 332 g/mol. The lowest BCUT2D eigenvalue weighted by molar-refractivity contribution is 0.0464. The molecular formula is C20H22N2O2S. The number of methoxy groups -OCH3 is 1. The number of para-hydroxylation sites is 1. The number of anilines is 1. The van der Waals surface area contributed by atoms with E-state index in [4.69, 9.17) is 21.7 Å². The highest BCUT2D eigenvalue weighted by atomic mass is 32.1. The summed E-state index contributed by atoms with van der Waals surface area (Å²) in [7, 11) is 1.67. The Morgan fingerprint density at radius 2 is 2.04 bits per heavy atom. The van der Waals surface area contributed by atoms with Crippen molar-refractivity contribution in [3.8, 4) is 11.5 Å². The van der Waals surface area contributed by atoms with Crippen molar-refractivity contribution >= 4 is 23.0 Å². The van der Waals surface area contributed by atoms with Crippen LogP contribution in [-0.2, 0) is 0 Å². The van der Waals surface area contributed by atoms with Crippen LogP contribution in [0, 0.1) is 13.8 Å². The number of hydrogen-bond acceptors (Lipinski definition) is 3. The van der Waals surface area contributed by atoms with Gasteiger partial charge in [-0.05, 0) is 62.3 Å². The molecule has 25 heavy (non-hydrogen) atoms. The molecule has 130 valence electrons. The van der Waals surface area contributed by atoms with Gasteiger partial charge in [-0.2, -0.15) is 0 Å². The third-order valence-electron chi connectivity index (χ3n) is 5.23. The number of hydrogen-bond donors (Lipinski definition) is 1. The first kappa shape index (κ1) is 16.2. The Hall–Kier alpha value is -2.27. The Kier molecular flexibility index (Phi) is 3.65. The molecule has 2 aromatic rings. The maximum atomic E-state index is 6.49. The lowest BCUT2D eigenvalue weighted by Crippen LogP contribution is -2.65. The highest BCUT2D eigenvalue weighted by Gasteiger charge is 2.49. The zero-order valence-electron chi connectivity index (χ0n) is 14.9. The fraction of sp³-hybridized carbons (Fsp3) is 0.350. The fourth-order valence-corrected chi connectivity index (χ4v) is 4.22. The third-order valence-corrected chi connectivity index (χ3v) is 5.53. The van der Waals surface area contributed by atoms with Crippen LogP contribution in [-0.4, -0.2) is 17.9 Å². The third kappa shape index (κ3) is 2.45. The lowest BCUT2D eigenvalue weighted by Gasteiger charge is -2.52. The van der Waals surface area contributed by atoms with Crippen LogP contribution in [0.1, 0.15) is 36.1 Å². The quantitative estimate of drug-likeness (QED) is 0.816. The Balaban J connectivity index is 1.82. The van der Waals surface area contributed by atoms with Crippen LogP contribution in [0.5, 0.6) is 11.5 Å². The van der Waals surface area contributed by atoms with Gasteiger partial charge < -0.3 is 14.8 Å². The predicted octanol–water partition coefficient (Wildman–Crippen LogP) is 4.25. The molecule has 0 aliphatic carbocycles. The SMILES string of the molecule is COc1cccc2c1OC1(C)CC2NC(=S)N1c1ccc(C)c(C)c1. The van der Waals surface area contributed by atoms with E-state index in [0.717, 1.165) is 29.2 Å². The van der Waals surface area contributed by atoms with Gasteiger partial charge in [0, 0.05) is 17.7 Å². The van der Waals surface area contributed by atoms with Crippen molar-refractivity contribution in [2.45, 2.75) is 39.0 Å². The first-order valence-corrected chi connectivity index (χ1v) is 8.88. The minimum absolute atomic E-state index is 0.124. The number of nitrogens with one attached hydrogen (secondary N) is 1. The number of fused-ring (bicyclic) bond motifs is 4. The number of aryl methyl sites for hydroxylation is 2. The van der Waals surface area contributed by atoms with E-state index in [-0.39, 0.29) is 6.04 Å². The van der Waals surface area contributed by atoms with Crippen molar-refractivity contribution in [1.29, 1.82) is 0 Å². The molecule has 1 N–H and O–H groups in total. The normalized spacial score (nSPS) is 24.2. The zero-order chi connectivity index (χ0) is 17.8. The van der Waals surface area contributed by atoms with Gasteiger partial charge in [0.15, 0.2) is 22.3 Å². The molecule has 4 rings (SSSR count). The second-order valence-corrected chi connectivity index (χ2v) is 7.35. The van der Waals surface area contributed by atoms with Crippen LogP contribution < -0.4 is 19.7 Å². The molecule has 4 nitrogen and oxygen atoms in total. The van der Waals surface area contributed by atoms with Crippen LogP contribution >= 0.6 is 12.2 Å². The summed E-state index contributed by atoms with van der Waals surface area (Å²) in [5.74, 6) is 1.55. The largest absolute Gasteiger partial charge is 0.493 e. The van der Waals surface area contributed by atoms with E-state index in [1.807, 2.05) is 12.1 Å². The first-order chi connectivity index (χ1) is 11.9. The average Bonchev–Trinajstić information content (AvgIpc) is 2.57. The maximum absolute atomic E-state index is 6.49. The highest BCUT2D eigenvalue weighted by molar-refractivity contribution is 7.80. The Morgan fingerprint density at radius 1 is 1.24 bits per heavy atom. The lowest BCUT2D eigenvalue weighted by atomic mass is 9.90. The summed E-state index contributed by atoms with van der Waals surface area (Å²) in [5, 5.41) is 4.18. The smallest absolute Gasteiger partial charge is 0.188 e. The minimum atomic E-state index is -0.559. The number of nitrogens with zero attached hydrogens (tertiary/aromatic N) is 1. The second kappa shape index (κ2) is 5.63. The predicted molar refractivity (Wildman–Crippen MR) is 104 cm³/mol. The molecule has 0 saturated carbocycles. The van der Waals surface area contributed by atoms with Crippen LogP contribution in [0.4, 0.5) is 5.69 Å². The summed E-state index contributed by atoms with van der Waals surface area (Å²) < 4.78 is 12.0. The van der Waals surface area contributed by atoms with Crippen molar-refractivity contribution in [1.82, 2.24) is 5.32 Å². The summed E-state index contributed by atoms with van der Waals surface area (Å²) >= 11 is 5.71. The van der Waals surface area contributed by atoms with Gasteiger partial charge in [-0.25, -0.2) is 0 Å². The van der Waals surface area contributed by atoms with Gasteiger partial charge in [0.1, 0.15) is 0 Å². The molecule has 5 heteroatoms. The molecule has 2 atom stereocenters. The van der Waals surface area contributed by atoms with Gasteiger partial charge in [0.05, 0.1) is 13.2 Å². The molecule has 2 heterocycles. The molecule has 0 spiro atoms. The van der Waals surface area contributed by atoms with E-state index in [1.54, 1.807) is 7.11 Å². The van der Waals surface area contributed by atoms with Gasteiger partial charge in [-0.1, -0.05) is 18.2 Å². The number of benzene rings is 2. The molecule has 0 amide bonds. The summed E-state index contributed by atoms with van der Waals surface area (Å²) in [4.78, 5) is 2.08. The van der Waals surface area contributed by atoms with E-state index in [9.17, 15) is 0 Å². The van der Waals surface area contributed by atoms with E-state index in [2.05, 4.69) is 55.3 Å². The highest BCUT2D eigenvalue weighted by Crippen LogP contribution is 2.49. The molecule has 2 bridgehead atoms. The van der Waals surface area contributed by atoms with E-state index < -0.39 is 5.72 Å². The van der Waals surface area contributed by atoms with Crippen molar-refractivity contribution in [3.05, 3.63) is 53.1 Å². The van der Waals surface area contributed by atoms with Gasteiger partial charge in [0.2, 0.25) is 0 Å². The molecule has 0 aromatic heterocycles. The molecule has 2 aliphatic heterocycles. The molecule has 2 aliphatic rings. The molecule has 2 aromatic carbocycles.